The Bertz CT molecular complexity index is 283. The molecule has 0 aromatic heterocycles. The van der Waals surface area contributed by atoms with E-state index in [0.717, 1.165) is 6.26 Å². The highest BCUT2D eigenvalue weighted by Gasteiger charge is 2.26. The van der Waals surface area contributed by atoms with Gasteiger partial charge in [0.1, 0.15) is 11.8 Å². The number of Topliss-reactive ketones (excluding diaryl/α,β-unsaturated/α-hetero) is 1. The van der Waals surface area contributed by atoms with Crippen LogP contribution in [0, 0.1) is 5.92 Å². The van der Waals surface area contributed by atoms with E-state index in [1.54, 1.807) is 6.92 Å². The molecule has 0 aromatic rings. The lowest BCUT2D eigenvalue weighted by Gasteiger charge is -2.12. The first-order chi connectivity index (χ1) is 8.08. The number of carboxylic acids is 1. The lowest BCUT2D eigenvalue weighted by Crippen LogP contribution is -2.23. The number of ketones is 1. The summed E-state index contributed by atoms with van der Waals surface area (Å²) >= 11 is 0. The van der Waals surface area contributed by atoms with E-state index in [2.05, 4.69) is 0 Å². The monoisotopic (exact) mass is 250 g/mol. The molecule has 0 bridgehead atoms. The second-order valence-electron chi connectivity index (χ2n) is 3.31. The van der Waals surface area contributed by atoms with Crippen molar-refractivity contribution >= 4 is 11.8 Å². The molecule has 0 aromatic carbocycles. The van der Waals surface area contributed by atoms with Crippen molar-refractivity contribution in [2.75, 3.05) is 20.0 Å². The molecule has 4 nitrogen and oxygen atoms in total. The third-order valence-electron chi connectivity index (χ3n) is 2.15. The molecule has 0 aliphatic carbocycles. The largest absolute Gasteiger partial charge is 0.500 e. The Hall–Kier alpha value is -1.46. The van der Waals surface area contributed by atoms with Crippen molar-refractivity contribution in [3.63, 3.8) is 0 Å². The number of ether oxygens (including phenoxy) is 1. The molecule has 0 saturated heterocycles. The van der Waals surface area contributed by atoms with Gasteiger partial charge in [0, 0.05) is 5.92 Å². The third kappa shape index (κ3) is 5.42. The number of halogens is 2. The van der Waals surface area contributed by atoms with Gasteiger partial charge in [0.15, 0.2) is 5.78 Å². The first-order valence-electron chi connectivity index (χ1n) is 5.29. The van der Waals surface area contributed by atoms with Crippen molar-refractivity contribution in [3.05, 3.63) is 11.8 Å². The average Bonchev–Trinajstić information content (AvgIpc) is 2.28. The molecule has 0 radical (unpaired) electrons. The number of alkyl halides is 2. The maximum Gasteiger partial charge on any atom is 0.342 e. The van der Waals surface area contributed by atoms with E-state index in [1.165, 1.54) is 0 Å². The Morgan fingerprint density at radius 2 is 1.82 bits per heavy atom. The highest BCUT2D eigenvalue weighted by atomic mass is 19.1. The minimum Gasteiger partial charge on any atom is -0.500 e. The van der Waals surface area contributed by atoms with Gasteiger partial charge in [0.25, 0.3) is 0 Å². The standard InChI is InChI=1S/C11H16F2O4/c1-2-17-7-9(11(15)16)10(14)8(3-5-12)4-6-13/h7-8H,2-6H2,1H3,(H,15,16). The van der Waals surface area contributed by atoms with Gasteiger partial charge in [-0.25, -0.2) is 4.79 Å². The molecule has 0 unspecified atom stereocenters. The molecule has 0 amide bonds. The fourth-order valence-corrected chi connectivity index (χ4v) is 1.27. The lowest BCUT2D eigenvalue weighted by atomic mass is 9.93. The number of carboxylic acid groups (broad SMARTS) is 1. The number of hydrogen-bond acceptors (Lipinski definition) is 3. The summed E-state index contributed by atoms with van der Waals surface area (Å²) in [6, 6.07) is 0. The summed E-state index contributed by atoms with van der Waals surface area (Å²) < 4.78 is 29.1. The van der Waals surface area contributed by atoms with E-state index in [-0.39, 0.29) is 19.4 Å². The molecule has 1 N–H and O–H groups in total. The summed E-state index contributed by atoms with van der Waals surface area (Å²) in [5.41, 5.74) is -0.571. The molecule has 98 valence electrons. The van der Waals surface area contributed by atoms with Crippen LogP contribution in [0.3, 0.4) is 0 Å². The van der Waals surface area contributed by atoms with Gasteiger partial charge in [-0.15, -0.1) is 0 Å². The van der Waals surface area contributed by atoms with Crippen LogP contribution in [0.2, 0.25) is 0 Å². The zero-order chi connectivity index (χ0) is 13.3. The molecule has 0 fully saturated rings. The molecular formula is C11H16F2O4. The van der Waals surface area contributed by atoms with E-state index in [1.807, 2.05) is 0 Å². The van der Waals surface area contributed by atoms with E-state index in [9.17, 15) is 18.4 Å². The maximum absolute atomic E-state index is 12.2. The van der Waals surface area contributed by atoms with Crippen molar-refractivity contribution in [1.29, 1.82) is 0 Å². The van der Waals surface area contributed by atoms with Crippen LogP contribution in [0.25, 0.3) is 0 Å². The Morgan fingerprint density at radius 3 is 2.18 bits per heavy atom. The van der Waals surface area contributed by atoms with Gasteiger partial charge in [-0.3, -0.25) is 13.6 Å². The van der Waals surface area contributed by atoms with Crippen molar-refractivity contribution in [2.24, 2.45) is 5.92 Å². The zero-order valence-corrected chi connectivity index (χ0v) is 9.62. The minimum absolute atomic E-state index is 0.181. The number of hydrogen-bond donors (Lipinski definition) is 1. The predicted octanol–water partition coefficient (Wildman–Crippen LogP) is 1.90. The van der Waals surface area contributed by atoms with Gasteiger partial charge in [-0.1, -0.05) is 0 Å². The summed E-state index contributed by atoms with van der Waals surface area (Å²) in [4.78, 5) is 22.5. The van der Waals surface area contributed by atoms with Crippen molar-refractivity contribution in [2.45, 2.75) is 19.8 Å². The maximum atomic E-state index is 12.2. The Balaban J connectivity index is 4.83. The van der Waals surface area contributed by atoms with Crippen LogP contribution >= 0.6 is 0 Å². The number of aliphatic carboxylic acids is 1. The molecular weight excluding hydrogens is 234 g/mol. The average molecular weight is 250 g/mol. The van der Waals surface area contributed by atoms with Gasteiger partial charge >= 0.3 is 5.97 Å². The highest BCUT2D eigenvalue weighted by Crippen LogP contribution is 2.16. The van der Waals surface area contributed by atoms with E-state index >= 15 is 0 Å². The predicted molar refractivity (Wildman–Crippen MR) is 57.0 cm³/mol. The molecule has 17 heavy (non-hydrogen) atoms. The highest BCUT2D eigenvalue weighted by molar-refractivity contribution is 6.17. The number of carbonyl (C=O) groups is 2. The van der Waals surface area contributed by atoms with Crippen LogP contribution in [0.15, 0.2) is 11.8 Å². The van der Waals surface area contributed by atoms with Gasteiger partial charge < -0.3 is 9.84 Å². The normalized spacial score (nSPS) is 11.6. The molecule has 0 atom stereocenters. The first kappa shape index (κ1) is 15.5. The van der Waals surface area contributed by atoms with Crippen molar-refractivity contribution in [1.82, 2.24) is 0 Å². The molecule has 0 heterocycles. The summed E-state index contributed by atoms with van der Waals surface area (Å²) in [7, 11) is 0. The fraction of sp³-hybridized carbons (Fsp3) is 0.636. The number of carbonyl (C=O) groups excluding carboxylic acids is 1. The first-order valence-corrected chi connectivity index (χ1v) is 5.29. The van der Waals surface area contributed by atoms with E-state index < -0.39 is 36.6 Å². The Morgan fingerprint density at radius 1 is 1.29 bits per heavy atom. The van der Waals surface area contributed by atoms with Crippen LogP contribution in [0.5, 0.6) is 0 Å². The molecule has 0 spiro atoms. The third-order valence-corrected chi connectivity index (χ3v) is 2.15. The molecule has 6 heteroatoms. The van der Waals surface area contributed by atoms with E-state index in [0.29, 0.717) is 0 Å². The van der Waals surface area contributed by atoms with Gasteiger partial charge in [0.2, 0.25) is 0 Å². The Kier molecular flexibility index (Phi) is 7.92. The summed E-state index contributed by atoms with van der Waals surface area (Å²) in [5.74, 6) is -3.19. The summed E-state index contributed by atoms with van der Waals surface area (Å²) in [6.07, 6.45) is 0.465. The molecule has 0 aliphatic heterocycles. The van der Waals surface area contributed by atoms with Crippen LogP contribution in [-0.2, 0) is 14.3 Å². The minimum atomic E-state index is -1.45. The van der Waals surface area contributed by atoms with Gasteiger partial charge in [-0.2, -0.15) is 0 Å². The molecule has 0 saturated carbocycles. The second kappa shape index (κ2) is 8.66. The van der Waals surface area contributed by atoms with Crippen LogP contribution in [0.1, 0.15) is 19.8 Å². The quantitative estimate of drug-likeness (QED) is 0.294. The Labute approximate surface area is 98.3 Å². The van der Waals surface area contributed by atoms with E-state index in [4.69, 9.17) is 9.84 Å². The van der Waals surface area contributed by atoms with Crippen molar-refractivity contribution in [3.8, 4) is 0 Å². The number of rotatable bonds is 9. The van der Waals surface area contributed by atoms with Crippen molar-refractivity contribution < 1.29 is 28.2 Å². The zero-order valence-electron chi connectivity index (χ0n) is 9.62. The fourth-order valence-electron chi connectivity index (χ4n) is 1.27. The van der Waals surface area contributed by atoms with Gasteiger partial charge in [-0.05, 0) is 19.8 Å². The smallest absolute Gasteiger partial charge is 0.342 e. The topological polar surface area (TPSA) is 63.6 Å². The van der Waals surface area contributed by atoms with Crippen LogP contribution < -0.4 is 0 Å². The van der Waals surface area contributed by atoms with Crippen LogP contribution in [-0.4, -0.2) is 36.8 Å². The summed E-state index contributed by atoms with van der Waals surface area (Å²) in [6.45, 7) is 0.248. The summed E-state index contributed by atoms with van der Waals surface area (Å²) in [5, 5.41) is 8.80. The van der Waals surface area contributed by atoms with Gasteiger partial charge in [0.05, 0.1) is 20.0 Å². The second-order valence-corrected chi connectivity index (χ2v) is 3.31. The molecule has 0 rings (SSSR count). The SMILES string of the molecule is CCOC=C(C(=O)O)C(=O)C(CCF)CCF. The lowest BCUT2D eigenvalue weighted by molar-refractivity contribution is -0.135. The molecule has 0 aliphatic rings. The van der Waals surface area contributed by atoms with Crippen LogP contribution in [0.4, 0.5) is 8.78 Å².